The average Bonchev–Trinajstić information content (AvgIpc) is 3.22. The van der Waals surface area contributed by atoms with Crippen molar-refractivity contribution in [2.75, 3.05) is 6.54 Å². The Morgan fingerprint density at radius 2 is 1.86 bits per heavy atom. The van der Waals surface area contributed by atoms with Crippen LogP contribution in [0.3, 0.4) is 0 Å². The molecule has 29 heavy (non-hydrogen) atoms. The van der Waals surface area contributed by atoms with Gasteiger partial charge in [0.25, 0.3) is 11.5 Å². The fourth-order valence-electron chi connectivity index (χ4n) is 3.10. The molecule has 0 spiro atoms. The summed E-state index contributed by atoms with van der Waals surface area (Å²) in [7, 11) is 0. The van der Waals surface area contributed by atoms with Gasteiger partial charge in [-0.15, -0.1) is 11.3 Å². The quantitative estimate of drug-likeness (QED) is 0.493. The maximum Gasteiger partial charge on any atom is 0.264 e. The van der Waals surface area contributed by atoms with Gasteiger partial charge in [0.15, 0.2) is 0 Å². The van der Waals surface area contributed by atoms with E-state index in [0.29, 0.717) is 33.2 Å². The van der Waals surface area contributed by atoms with Gasteiger partial charge in [-0.05, 0) is 48.9 Å². The maximum absolute atomic E-state index is 13.0. The molecule has 0 radical (unpaired) electrons. The number of hydrogen-bond acceptors (Lipinski definition) is 4. The first-order chi connectivity index (χ1) is 14.0. The number of carbonyl (C=O) groups is 1. The van der Waals surface area contributed by atoms with Crippen LogP contribution in [0.25, 0.3) is 21.3 Å². The molecule has 2 aromatic heterocycles. The Balaban J connectivity index is 1.57. The van der Waals surface area contributed by atoms with Crippen molar-refractivity contribution in [3.8, 4) is 10.4 Å². The van der Waals surface area contributed by atoms with Gasteiger partial charge in [0, 0.05) is 16.4 Å². The van der Waals surface area contributed by atoms with E-state index in [1.54, 1.807) is 23.1 Å². The molecular weight excluding hydrogens is 406 g/mol. The number of hydrogen-bond donors (Lipinski definition) is 1. The Kier molecular flexibility index (Phi) is 5.47. The monoisotopic (exact) mass is 423 g/mol. The topological polar surface area (TPSA) is 66.1 Å². The van der Waals surface area contributed by atoms with Gasteiger partial charge in [-0.3, -0.25) is 9.59 Å². The van der Waals surface area contributed by atoms with Crippen molar-refractivity contribution >= 4 is 39.7 Å². The minimum atomic E-state index is -0.199. The number of amides is 1. The van der Waals surface area contributed by atoms with Crippen molar-refractivity contribution < 1.29 is 4.79 Å². The lowest BCUT2D eigenvalue weighted by molar-refractivity contribution is 0.0753. The number of aromatic amines is 1. The van der Waals surface area contributed by atoms with Crippen molar-refractivity contribution in [1.82, 2.24) is 14.9 Å². The molecule has 0 unspecified atom stereocenters. The summed E-state index contributed by atoms with van der Waals surface area (Å²) in [6.45, 7) is 2.65. The lowest BCUT2D eigenvalue weighted by atomic mass is 10.2. The summed E-state index contributed by atoms with van der Waals surface area (Å²) in [4.78, 5) is 35.9. The van der Waals surface area contributed by atoms with Crippen LogP contribution in [0.5, 0.6) is 0 Å². The number of nitrogens with zero attached hydrogens (tertiary/aromatic N) is 2. The van der Waals surface area contributed by atoms with Crippen LogP contribution in [0.1, 0.15) is 22.4 Å². The number of thiophene rings is 1. The summed E-state index contributed by atoms with van der Waals surface area (Å²) < 4.78 is 0. The second-order valence-corrected chi connectivity index (χ2v) is 8.04. The number of nitrogens with one attached hydrogen (secondary N) is 1. The lowest BCUT2D eigenvalue weighted by Gasteiger charge is -2.19. The van der Waals surface area contributed by atoms with Gasteiger partial charge in [-0.25, -0.2) is 4.98 Å². The zero-order chi connectivity index (χ0) is 20.4. The predicted octanol–water partition coefficient (Wildman–Crippen LogP) is 4.97. The first-order valence-corrected chi connectivity index (χ1v) is 10.4. The number of H-pyrrole nitrogens is 1. The van der Waals surface area contributed by atoms with Gasteiger partial charge in [0.2, 0.25) is 0 Å². The van der Waals surface area contributed by atoms with E-state index < -0.39 is 0 Å². The van der Waals surface area contributed by atoms with E-state index in [1.807, 2.05) is 49.4 Å². The van der Waals surface area contributed by atoms with Crippen molar-refractivity contribution in [1.29, 1.82) is 0 Å². The fraction of sp³-hybridized carbons (Fsp3) is 0.136. The third-order valence-electron chi connectivity index (χ3n) is 4.62. The number of para-hydroxylation sites is 1. The van der Waals surface area contributed by atoms with Gasteiger partial charge in [-0.2, -0.15) is 0 Å². The van der Waals surface area contributed by atoms with E-state index in [2.05, 4.69) is 9.97 Å². The predicted molar refractivity (Wildman–Crippen MR) is 118 cm³/mol. The van der Waals surface area contributed by atoms with E-state index in [-0.39, 0.29) is 18.0 Å². The lowest BCUT2D eigenvalue weighted by Crippen LogP contribution is -2.31. The van der Waals surface area contributed by atoms with Crippen molar-refractivity contribution in [2.45, 2.75) is 13.5 Å². The summed E-state index contributed by atoms with van der Waals surface area (Å²) in [5.41, 5.74) is 1.44. The van der Waals surface area contributed by atoms with Gasteiger partial charge in [0.1, 0.15) is 5.82 Å². The zero-order valence-corrected chi connectivity index (χ0v) is 17.3. The van der Waals surface area contributed by atoms with Gasteiger partial charge >= 0.3 is 0 Å². The molecule has 0 atom stereocenters. The van der Waals surface area contributed by atoms with E-state index in [4.69, 9.17) is 11.6 Å². The number of fused-ring (bicyclic) bond motifs is 1. The standard InChI is InChI=1S/C22H18ClN3O2S/c1-2-26(13-20-24-17-6-4-3-5-16(17)21(27)25-20)22(28)19-12-11-18(29-19)14-7-9-15(23)10-8-14/h3-12H,2,13H2,1H3,(H,24,25,27). The van der Waals surface area contributed by atoms with E-state index >= 15 is 0 Å². The first kappa shape index (κ1) is 19.4. The summed E-state index contributed by atoms with van der Waals surface area (Å²) in [6.07, 6.45) is 0. The summed E-state index contributed by atoms with van der Waals surface area (Å²) >= 11 is 7.38. The van der Waals surface area contributed by atoms with Crippen LogP contribution >= 0.6 is 22.9 Å². The molecule has 1 N–H and O–H groups in total. The van der Waals surface area contributed by atoms with Crippen LogP contribution in [0.4, 0.5) is 0 Å². The SMILES string of the molecule is CCN(Cc1nc2ccccc2c(=O)[nH]1)C(=O)c1ccc(-c2ccc(Cl)cc2)s1. The normalized spacial score (nSPS) is 11.0. The van der Waals surface area contributed by atoms with Crippen molar-refractivity contribution in [2.24, 2.45) is 0 Å². The van der Waals surface area contributed by atoms with E-state index in [0.717, 1.165) is 10.4 Å². The van der Waals surface area contributed by atoms with Crippen molar-refractivity contribution in [3.63, 3.8) is 0 Å². The van der Waals surface area contributed by atoms with E-state index in [9.17, 15) is 9.59 Å². The molecule has 146 valence electrons. The summed E-state index contributed by atoms with van der Waals surface area (Å²) in [5.74, 6) is 0.381. The second kappa shape index (κ2) is 8.19. The molecule has 0 aliphatic carbocycles. The molecule has 0 bridgehead atoms. The number of halogens is 1. The Hall–Kier alpha value is -2.96. The molecule has 1 amide bonds. The van der Waals surface area contributed by atoms with Crippen LogP contribution in [0.2, 0.25) is 5.02 Å². The van der Waals surface area contributed by atoms with Gasteiger partial charge in [0.05, 0.1) is 22.3 Å². The van der Waals surface area contributed by atoms with Crippen LogP contribution in [0, 0.1) is 0 Å². The molecule has 4 rings (SSSR count). The molecule has 0 fully saturated rings. The second-order valence-electron chi connectivity index (χ2n) is 6.52. The van der Waals surface area contributed by atoms with Crippen molar-refractivity contribution in [3.05, 3.63) is 86.7 Å². The first-order valence-electron chi connectivity index (χ1n) is 9.18. The van der Waals surface area contributed by atoms with E-state index in [1.165, 1.54) is 11.3 Å². The molecule has 0 aliphatic rings. The molecule has 2 heterocycles. The van der Waals surface area contributed by atoms with Crippen LogP contribution in [0.15, 0.2) is 65.5 Å². The zero-order valence-electron chi connectivity index (χ0n) is 15.7. The molecule has 0 saturated carbocycles. The molecular formula is C22H18ClN3O2S. The summed E-state index contributed by atoms with van der Waals surface area (Å²) in [6, 6.07) is 18.5. The Morgan fingerprint density at radius 1 is 1.10 bits per heavy atom. The molecule has 7 heteroatoms. The smallest absolute Gasteiger partial charge is 0.264 e. The highest BCUT2D eigenvalue weighted by molar-refractivity contribution is 7.17. The number of rotatable bonds is 5. The molecule has 4 aromatic rings. The van der Waals surface area contributed by atoms with Crippen LogP contribution < -0.4 is 5.56 Å². The molecule has 0 aliphatic heterocycles. The number of benzene rings is 2. The Morgan fingerprint density at radius 3 is 2.62 bits per heavy atom. The van der Waals surface area contributed by atoms with Crippen LogP contribution in [-0.4, -0.2) is 27.3 Å². The Bertz CT molecular complexity index is 1230. The highest BCUT2D eigenvalue weighted by atomic mass is 35.5. The fourth-order valence-corrected chi connectivity index (χ4v) is 4.20. The number of aromatic nitrogens is 2. The highest BCUT2D eigenvalue weighted by Gasteiger charge is 2.18. The highest BCUT2D eigenvalue weighted by Crippen LogP contribution is 2.30. The number of carbonyl (C=O) groups excluding carboxylic acids is 1. The van der Waals surface area contributed by atoms with Gasteiger partial charge in [-0.1, -0.05) is 35.9 Å². The largest absolute Gasteiger partial charge is 0.331 e. The van der Waals surface area contributed by atoms with Gasteiger partial charge < -0.3 is 9.88 Å². The van der Waals surface area contributed by atoms with Crippen LogP contribution in [-0.2, 0) is 6.54 Å². The minimum Gasteiger partial charge on any atom is -0.331 e. The minimum absolute atomic E-state index is 0.0893. The molecule has 2 aromatic carbocycles. The maximum atomic E-state index is 13.0. The third kappa shape index (κ3) is 4.09. The molecule has 5 nitrogen and oxygen atoms in total. The Labute approximate surface area is 176 Å². The summed E-state index contributed by atoms with van der Waals surface area (Å²) in [5, 5.41) is 1.21. The average molecular weight is 424 g/mol. The molecule has 0 saturated heterocycles. The third-order valence-corrected chi connectivity index (χ3v) is 5.99.